The molecule has 4 rings (SSSR count). The normalized spacial score (nSPS) is 17.6. The van der Waals surface area contributed by atoms with E-state index in [2.05, 4.69) is 20.2 Å². The fraction of sp³-hybridized carbons (Fsp3) is 0.444. The van der Waals surface area contributed by atoms with E-state index in [0.717, 1.165) is 29.7 Å². The van der Waals surface area contributed by atoms with Crippen LogP contribution in [0, 0.1) is 0 Å². The number of carbonyl (C=O) groups excluding carboxylic acids is 1. The largest absolute Gasteiger partial charge is 0.388 e. The van der Waals surface area contributed by atoms with Crippen LogP contribution in [0.4, 0.5) is 0 Å². The molecule has 1 saturated heterocycles. The molecule has 1 amide bonds. The lowest BCUT2D eigenvalue weighted by Gasteiger charge is -2.32. The minimum Gasteiger partial charge on any atom is -0.388 e. The highest BCUT2D eigenvalue weighted by molar-refractivity contribution is 5.97. The number of rotatable bonds is 4. The van der Waals surface area contributed by atoms with Crippen LogP contribution in [0.3, 0.4) is 0 Å². The molecule has 1 atom stereocenters. The molecule has 142 valence electrons. The van der Waals surface area contributed by atoms with E-state index in [0.29, 0.717) is 30.3 Å². The summed E-state index contributed by atoms with van der Waals surface area (Å²) in [7, 11) is 1.84. The molecule has 27 heavy (non-hydrogen) atoms. The maximum absolute atomic E-state index is 13.0. The molecule has 0 saturated carbocycles. The van der Waals surface area contributed by atoms with Gasteiger partial charge in [-0.3, -0.25) is 4.79 Å². The molecule has 0 bridgehead atoms. The minimum absolute atomic E-state index is 0.0358. The van der Waals surface area contributed by atoms with Gasteiger partial charge in [-0.25, -0.2) is 4.98 Å². The Kier molecular flexibility index (Phi) is 4.63. The van der Waals surface area contributed by atoms with Crippen LogP contribution < -0.4 is 0 Å². The number of carbonyl (C=O) groups is 1. The molecule has 1 aliphatic heterocycles. The summed E-state index contributed by atoms with van der Waals surface area (Å²) in [6.45, 7) is 0.945. The van der Waals surface area contributed by atoms with E-state index < -0.39 is 0 Å². The van der Waals surface area contributed by atoms with Crippen molar-refractivity contribution in [1.29, 1.82) is 0 Å². The molecule has 1 unspecified atom stereocenters. The van der Waals surface area contributed by atoms with Crippen LogP contribution in [0.2, 0.25) is 0 Å². The lowest BCUT2D eigenvalue weighted by Crippen LogP contribution is -2.39. The van der Waals surface area contributed by atoms with Crippen molar-refractivity contribution in [3.05, 3.63) is 41.2 Å². The average Bonchev–Trinajstić information content (AvgIpc) is 3.29. The number of piperidine rings is 1. The quantitative estimate of drug-likeness (QED) is 0.622. The zero-order valence-electron chi connectivity index (χ0n) is 15.1. The van der Waals surface area contributed by atoms with Crippen molar-refractivity contribution >= 4 is 16.9 Å². The second-order valence-electron chi connectivity index (χ2n) is 6.86. The SMILES string of the molecule is Cn1c(CO)nnc1C1CCCN(C(=O)c2ccc3nc(CO)[nH]c3c2)C1. The summed E-state index contributed by atoms with van der Waals surface area (Å²) in [4.78, 5) is 22.1. The highest BCUT2D eigenvalue weighted by Gasteiger charge is 2.29. The van der Waals surface area contributed by atoms with E-state index in [1.807, 2.05) is 16.5 Å². The molecule has 3 aromatic rings. The number of nitrogens with one attached hydrogen (secondary N) is 1. The first-order valence-electron chi connectivity index (χ1n) is 8.98. The van der Waals surface area contributed by atoms with E-state index in [-0.39, 0.29) is 25.0 Å². The van der Waals surface area contributed by atoms with Gasteiger partial charge in [0.05, 0.1) is 11.0 Å². The van der Waals surface area contributed by atoms with Gasteiger partial charge in [-0.2, -0.15) is 0 Å². The number of aromatic nitrogens is 5. The Bertz CT molecular complexity index is 979. The van der Waals surface area contributed by atoms with Gasteiger partial charge in [-0.1, -0.05) is 0 Å². The molecule has 0 spiro atoms. The minimum atomic E-state index is -0.167. The lowest BCUT2D eigenvalue weighted by atomic mass is 9.96. The van der Waals surface area contributed by atoms with Crippen LogP contribution in [-0.4, -0.2) is 58.8 Å². The van der Waals surface area contributed by atoms with Crippen molar-refractivity contribution in [3.63, 3.8) is 0 Å². The molecule has 2 aromatic heterocycles. The van der Waals surface area contributed by atoms with Gasteiger partial charge in [0.25, 0.3) is 5.91 Å². The number of benzene rings is 1. The van der Waals surface area contributed by atoms with Crippen molar-refractivity contribution in [2.45, 2.75) is 32.0 Å². The number of aliphatic hydroxyl groups excluding tert-OH is 2. The zero-order valence-corrected chi connectivity index (χ0v) is 15.1. The average molecular weight is 370 g/mol. The fourth-order valence-corrected chi connectivity index (χ4v) is 3.69. The Balaban J connectivity index is 1.55. The van der Waals surface area contributed by atoms with Crippen LogP contribution in [0.25, 0.3) is 11.0 Å². The molecule has 1 aliphatic rings. The number of hydrogen-bond acceptors (Lipinski definition) is 6. The van der Waals surface area contributed by atoms with Crippen molar-refractivity contribution in [1.82, 2.24) is 29.6 Å². The van der Waals surface area contributed by atoms with Gasteiger partial charge in [0, 0.05) is 31.6 Å². The molecule has 1 fully saturated rings. The number of nitrogens with zero attached hydrogens (tertiary/aromatic N) is 5. The van der Waals surface area contributed by atoms with E-state index in [1.165, 1.54) is 0 Å². The second kappa shape index (κ2) is 7.09. The van der Waals surface area contributed by atoms with Crippen LogP contribution in [0.15, 0.2) is 18.2 Å². The van der Waals surface area contributed by atoms with E-state index >= 15 is 0 Å². The predicted octanol–water partition coefficient (Wildman–Crippen LogP) is 0.696. The van der Waals surface area contributed by atoms with Crippen LogP contribution in [0.1, 0.15) is 46.6 Å². The zero-order chi connectivity index (χ0) is 19.0. The van der Waals surface area contributed by atoms with Gasteiger partial charge in [-0.05, 0) is 31.0 Å². The molecular weight excluding hydrogens is 348 g/mol. The van der Waals surface area contributed by atoms with Gasteiger partial charge in [-0.15, -0.1) is 10.2 Å². The van der Waals surface area contributed by atoms with E-state index in [1.54, 1.807) is 18.2 Å². The summed E-state index contributed by atoms with van der Waals surface area (Å²) in [6.07, 6.45) is 1.82. The standard InChI is InChI=1S/C18H22N6O3/c1-23-16(10-26)21-22-17(23)12-3-2-6-24(8-12)18(27)11-4-5-13-14(7-11)20-15(9-25)19-13/h4-5,7,12,25-26H,2-3,6,8-10H2,1H3,(H,19,20). The molecular formula is C18H22N6O3. The van der Waals surface area contributed by atoms with Gasteiger partial charge in [0.15, 0.2) is 5.82 Å². The first-order valence-corrected chi connectivity index (χ1v) is 8.98. The van der Waals surface area contributed by atoms with Crippen LogP contribution in [0.5, 0.6) is 0 Å². The molecule has 9 nitrogen and oxygen atoms in total. The van der Waals surface area contributed by atoms with Crippen molar-refractivity contribution in [2.75, 3.05) is 13.1 Å². The van der Waals surface area contributed by atoms with Gasteiger partial charge in [0.2, 0.25) is 0 Å². The Hall–Kier alpha value is -2.78. The maximum atomic E-state index is 13.0. The summed E-state index contributed by atoms with van der Waals surface area (Å²) in [5, 5.41) is 26.7. The highest BCUT2D eigenvalue weighted by Crippen LogP contribution is 2.27. The van der Waals surface area contributed by atoms with Crippen molar-refractivity contribution in [2.24, 2.45) is 7.05 Å². The summed E-state index contributed by atoms with van der Waals surface area (Å²) in [5.41, 5.74) is 2.05. The van der Waals surface area contributed by atoms with E-state index in [9.17, 15) is 15.0 Å². The number of fused-ring (bicyclic) bond motifs is 1. The predicted molar refractivity (Wildman–Crippen MR) is 96.8 cm³/mol. The third kappa shape index (κ3) is 3.19. The lowest BCUT2D eigenvalue weighted by molar-refractivity contribution is 0.0703. The smallest absolute Gasteiger partial charge is 0.253 e. The third-order valence-electron chi connectivity index (χ3n) is 5.14. The monoisotopic (exact) mass is 370 g/mol. The summed E-state index contributed by atoms with van der Waals surface area (Å²) < 4.78 is 1.81. The van der Waals surface area contributed by atoms with Crippen LogP contribution >= 0.6 is 0 Å². The maximum Gasteiger partial charge on any atom is 0.253 e. The first kappa shape index (κ1) is 17.6. The third-order valence-corrected chi connectivity index (χ3v) is 5.14. The second-order valence-corrected chi connectivity index (χ2v) is 6.86. The molecule has 3 heterocycles. The number of H-pyrrole nitrogens is 1. The van der Waals surface area contributed by atoms with Gasteiger partial charge in [0.1, 0.15) is 24.9 Å². The highest BCUT2D eigenvalue weighted by atomic mass is 16.3. The van der Waals surface area contributed by atoms with Gasteiger partial charge < -0.3 is 24.7 Å². The van der Waals surface area contributed by atoms with Crippen molar-refractivity contribution in [3.8, 4) is 0 Å². The first-order chi connectivity index (χ1) is 13.1. The molecule has 0 aliphatic carbocycles. The Morgan fingerprint density at radius 3 is 2.89 bits per heavy atom. The number of aliphatic hydroxyl groups is 2. The number of likely N-dealkylation sites (tertiary alicyclic amines) is 1. The number of imidazole rings is 1. The summed E-state index contributed by atoms with van der Waals surface area (Å²) in [6, 6.07) is 5.33. The summed E-state index contributed by atoms with van der Waals surface area (Å²) in [5.74, 6) is 1.87. The Labute approximate surface area is 155 Å². The molecule has 1 aromatic carbocycles. The van der Waals surface area contributed by atoms with Crippen LogP contribution in [-0.2, 0) is 20.3 Å². The summed E-state index contributed by atoms with van der Waals surface area (Å²) >= 11 is 0. The van der Waals surface area contributed by atoms with Crippen molar-refractivity contribution < 1.29 is 15.0 Å². The number of hydrogen-bond donors (Lipinski definition) is 3. The van der Waals surface area contributed by atoms with E-state index in [4.69, 9.17) is 0 Å². The fourth-order valence-electron chi connectivity index (χ4n) is 3.69. The topological polar surface area (TPSA) is 120 Å². The molecule has 9 heteroatoms. The molecule has 0 radical (unpaired) electrons. The Morgan fingerprint density at radius 1 is 1.30 bits per heavy atom. The number of aromatic amines is 1. The Morgan fingerprint density at radius 2 is 2.15 bits per heavy atom. The number of amides is 1. The molecule has 3 N–H and O–H groups in total. The van der Waals surface area contributed by atoms with Gasteiger partial charge >= 0.3 is 0 Å².